The standard InChI is InChI=1S/C13H16N2.C2H6/c1-8-3-10-6-13-11(4-9(2)15-13)5-12(10)14-7-8;1-2/h4-6,8,14-15H,3,7H2,1-2H3;1-2H3. The van der Waals surface area contributed by atoms with Crippen molar-refractivity contribution in [3.8, 4) is 0 Å². The third-order valence-electron chi connectivity index (χ3n) is 3.19. The normalized spacial score (nSPS) is 18.0. The molecule has 1 aromatic carbocycles. The zero-order valence-corrected chi connectivity index (χ0v) is 11.2. The first-order valence-corrected chi connectivity index (χ1v) is 6.58. The zero-order valence-electron chi connectivity index (χ0n) is 11.2. The highest BCUT2D eigenvalue weighted by Crippen LogP contribution is 2.29. The van der Waals surface area contributed by atoms with E-state index in [1.165, 1.54) is 34.3 Å². The number of nitrogens with one attached hydrogen (secondary N) is 2. The topological polar surface area (TPSA) is 27.8 Å². The molecule has 0 saturated heterocycles. The molecule has 2 aromatic rings. The first-order chi connectivity index (χ1) is 8.22. The fourth-order valence-electron chi connectivity index (χ4n) is 2.44. The minimum absolute atomic E-state index is 0.742. The number of anilines is 1. The molecule has 92 valence electrons. The average Bonchev–Trinajstić information content (AvgIpc) is 2.68. The lowest BCUT2D eigenvalue weighted by molar-refractivity contribution is 0.595. The minimum Gasteiger partial charge on any atom is -0.385 e. The largest absolute Gasteiger partial charge is 0.385 e. The Balaban J connectivity index is 0.000000514. The number of aromatic amines is 1. The van der Waals surface area contributed by atoms with Gasteiger partial charge < -0.3 is 10.3 Å². The molecule has 1 aliphatic rings. The van der Waals surface area contributed by atoms with Crippen molar-refractivity contribution in [3.63, 3.8) is 0 Å². The van der Waals surface area contributed by atoms with Crippen molar-refractivity contribution in [1.29, 1.82) is 0 Å². The van der Waals surface area contributed by atoms with E-state index in [0.717, 1.165) is 12.5 Å². The number of hydrogen-bond acceptors (Lipinski definition) is 1. The lowest BCUT2D eigenvalue weighted by atomic mass is 9.95. The van der Waals surface area contributed by atoms with Crippen LogP contribution >= 0.6 is 0 Å². The van der Waals surface area contributed by atoms with E-state index >= 15 is 0 Å². The van der Waals surface area contributed by atoms with Crippen LogP contribution in [0.1, 0.15) is 32.0 Å². The van der Waals surface area contributed by atoms with Gasteiger partial charge in [-0.15, -0.1) is 0 Å². The van der Waals surface area contributed by atoms with Gasteiger partial charge in [0.1, 0.15) is 0 Å². The van der Waals surface area contributed by atoms with Gasteiger partial charge in [-0.05, 0) is 43.0 Å². The Hall–Kier alpha value is -1.44. The van der Waals surface area contributed by atoms with E-state index in [2.05, 4.69) is 42.3 Å². The molecule has 0 radical (unpaired) electrons. The fraction of sp³-hybridized carbons (Fsp3) is 0.467. The Labute approximate surface area is 103 Å². The SMILES string of the molecule is CC.Cc1cc2cc3c(cc2[nH]1)CC(C)CN3. The minimum atomic E-state index is 0.742. The first-order valence-electron chi connectivity index (χ1n) is 6.58. The Bertz CT molecular complexity index is 511. The van der Waals surface area contributed by atoms with Gasteiger partial charge in [0.05, 0.1) is 0 Å². The third kappa shape index (κ3) is 2.31. The van der Waals surface area contributed by atoms with E-state index in [1.54, 1.807) is 0 Å². The molecule has 0 bridgehead atoms. The molecule has 1 atom stereocenters. The number of hydrogen-bond donors (Lipinski definition) is 2. The van der Waals surface area contributed by atoms with E-state index in [0.29, 0.717) is 0 Å². The summed E-state index contributed by atoms with van der Waals surface area (Å²) in [5.74, 6) is 0.742. The summed E-state index contributed by atoms with van der Waals surface area (Å²) in [6.07, 6.45) is 1.19. The lowest BCUT2D eigenvalue weighted by Crippen LogP contribution is -2.20. The second-order valence-electron chi connectivity index (χ2n) is 4.74. The predicted molar refractivity (Wildman–Crippen MR) is 75.7 cm³/mol. The highest BCUT2D eigenvalue weighted by atomic mass is 14.9. The molecule has 3 rings (SSSR count). The van der Waals surface area contributed by atoms with Crippen LogP contribution in [0.25, 0.3) is 10.9 Å². The molecule has 2 N–H and O–H groups in total. The van der Waals surface area contributed by atoms with Crippen LogP contribution in [0.4, 0.5) is 5.69 Å². The zero-order chi connectivity index (χ0) is 12.4. The molecule has 2 heteroatoms. The Morgan fingerprint density at radius 3 is 2.71 bits per heavy atom. The van der Waals surface area contributed by atoms with Crippen LogP contribution in [0.15, 0.2) is 18.2 Å². The Morgan fingerprint density at radius 2 is 1.94 bits per heavy atom. The molecule has 2 heterocycles. The number of aromatic nitrogens is 1. The maximum atomic E-state index is 3.50. The van der Waals surface area contributed by atoms with Gasteiger partial charge in [-0.2, -0.15) is 0 Å². The van der Waals surface area contributed by atoms with E-state index in [9.17, 15) is 0 Å². The van der Waals surface area contributed by atoms with Crippen molar-refractivity contribution in [2.75, 3.05) is 11.9 Å². The van der Waals surface area contributed by atoms with Gasteiger partial charge in [-0.1, -0.05) is 20.8 Å². The summed E-state index contributed by atoms with van der Waals surface area (Å²) in [6.45, 7) is 9.50. The van der Waals surface area contributed by atoms with Crippen molar-refractivity contribution in [3.05, 3.63) is 29.5 Å². The van der Waals surface area contributed by atoms with Crippen LogP contribution < -0.4 is 5.32 Å². The summed E-state index contributed by atoms with van der Waals surface area (Å²) in [6, 6.07) is 6.76. The number of benzene rings is 1. The monoisotopic (exact) mass is 230 g/mol. The number of fused-ring (bicyclic) bond motifs is 2. The number of aryl methyl sites for hydroxylation is 1. The maximum Gasteiger partial charge on any atom is 0.0460 e. The second kappa shape index (κ2) is 4.82. The quantitative estimate of drug-likeness (QED) is 0.700. The van der Waals surface area contributed by atoms with Crippen LogP contribution in [0, 0.1) is 12.8 Å². The molecular formula is C15H22N2. The summed E-state index contributed by atoms with van der Waals surface area (Å²) in [4.78, 5) is 3.40. The summed E-state index contributed by atoms with van der Waals surface area (Å²) in [5, 5.41) is 4.81. The number of rotatable bonds is 0. The van der Waals surface area contributed by atoms with E-state index in [1.807, 2.05) is 13.8 Å². The molecule has 2 nitrogen and oxygen atoms in total. The first kappa shape index (κ1) is 12.0. The fourth-order valence-corrected chi connectivity index (χ4v) is 2.44. The molecular weight excluding hydrogens is 208 g/mol. The molecule has 1 aromatic heterocycles. The summed E-state index contributed by atoms with van der Waals surface area (Å²) >= 11 is 0. The van der Waals surface area contributed by atoms with Crippen LogP contribution in [-0.4, -0.2) is 11.5 Å². The second-order valence-corrected chi connectivity index (χ2v) is 4.74. The molecule has 0 saturated carbocycles. The van der Waals surface area contributed by atoms with Gasteiger partial charge >= 0.3 is 0 Å². The van der Waals surface area contributed by atoms with Gasteiger partial charge in [0, 0.05) is 28.8 Å². The average molecular weight is 230 g/mol. The maximum absolute atomic E-state index is 3.50. The van der Waals surface area contributed by atoms with Crippen molar-refractivity contribution in [2.45, 2.75) is 34.1 Å². The van der Waals surface area contributed by atoms with E-state index in [-0.39, 0.29) is 0 Å². The molecule has 0 fully saturated rings. The molecule has 0 spiro atoms. The van der Waals surface area contributed by atoms with Crippen molar-refractivity contribution < 1.29 is 0 Å². The van der Waals surface area contributed by atoms with Crippen molar-refractivity contribution in [2.24, 2.45) is 5.92 Å². The van der Waals surface area contributed by atoms with Crippen LogP contribution in [-0.2, 0) is 6.42 Å². The molecule has 1 aliphatic heterocycles. The highest BCUT2D eigenvalue weighted by Gasteiger charge is 2.15. The Morgan fingerprint density at radius 1 is 1.18 bits per heavy atom. The summed E-state index contributed by atoms with van der Waals surface area (Å²) < 4.78 is 0. The molecule has 0 amide bonds. The van der Waals surface area contributed by atoms with Gasteiger partial charge in [-0.3, -0.25) is 0 Å². The van der Waals surface area contributed by atoms with E-state index < -0.39 is 0 Å². The van der Waals surface area contributed by atoms with Crippen LogP contribution in [0.3, 0.4) is 0 Å². The van der Waals surface area contributed by atoms with Crippen LogP contribution in [0.2, 0.25) is 0 Å². The third-order valence-corrected chi connectivity index (χ3v) is 3.19. The summed E-state index contributed by atoms with van der Waals surface area (Å²) in [5.41, 5.74) is 5.27. The molecule has 1 unspecified atom stereocenters. The van der Waals surface area contributed by atoms with Crippen molar-refractivity contribution in [1.82, 2.24) is 4.98 Å². The van der Waals surface area contributed by atoms with Crippen LogP contribution in [0.5, 0.6) is 0 Å². The van der Waals surface area contributed by atoms with Gasteiger partial charge in [0.15, 0.2) is 0 Å². The van der Waals surface area contributed by atoms with Gasteiger partial charge in [-0.25, -0.2) is 0 Å². The Kier molecular flexibility index (Phi) is 3.41. The smallest absolute Gasteiger partial charge is 0.0460 e. The lowest BCUT2D eigenvalue weighted by Gasteiger charge is -2.23. The van der Waals surface area contributed by atoms with Gasteiger partial charge in [0.25, 0.3) is 0 Å². The predicted octanol–water partition coefficient (Wildman–Crippen LogP) is 4.11. The van der Waals surface area contributed by atoms with Gasteiger partial charge in [0.2, 0.25) is 0 Å². The summed E-state index contributed by atoms with van der Waals surface area (Å²) in [7, 11) is 0. The number of H-pyrrole nitrogens is 1. The molecule has 17 heavy (non-hydrogen) atoms. The van der Waals surface area contributed by atoms with E-state index in [4.69, 9.17) is 0 Å². The highest BCUT2D eigenvalue weighted by molar-refractivity contribution is 5.86. The van der Waals surface area contributed by atoms with Crippen molar-refractivity contribution >= 4 is 16.6 Å². The molecule has 0 aliphatic carbocycles.